The van der Waals surface area contributed by atoms with E-state index in [1.165, 1.54) is 31.2 Å². The minimum absolute atomic E-state index is 0.0870. The van der Waals surface area contributed by atoms with Crippen LogP contribution in [0.2, 0.25) is 0 Å². The molecule has 0 heterocycles. The van der Waals surface area contributed by atoms with Crippen LogP contribution in [0.3, 0.4) is 0 Å². The lowest BCUT2D eigenvalue weighted by molar-refractivity contribution is -0.114. The molecule has 0 bridgehead atoms. The summed E-state index contributed by atoms with van der Waals surface area (Å²) in [7, 11) is -3.76. The van der Waals surface area contributed by atoms with Crippen LogP contribution in [0.15, 0.2) is 77.7 Å². The van der Waals surface area contributed by atoms with E-state index in [1.54, 1.807) is 30.3 Å². The predicted octanol–water partition coefficient (Wildman–Crippen LogP) is 3.93. The van der Waals surface area contributed by atoms with Crippen molar-refractivity contribution in [2.24, 2.45) is 0 Å². The number of carboxylic acids is 1. The van der Waals surface area contributed by atoms with E-state index in [0.29, 0.717) is 24.2 Å². The van der Waals surface area contributed by atoms with E-state index in [2.05, 4.69) is 10.0 Å². The summed E-state index contributed by atoms with van der Waals surface area (Å²) in [5, 5.41) is 11.7. The van der Waals surface area contributed by atoms with Crippen molar-refractivity contribution in [3.63, 3.8) is 0 Å². The highest BCUT2D eigenvalue weighted by Crippen LogP contribution is 2.19. The first-order valence-electron chi connectivity index (χ1n) is 9.54. The number of hydrogen-bond donors (Lipinski definition) is 3. The number of carbonyl (C=O) groups is 2. The van der Waals surface area contributed by atoms with Crippen LogP contribution >= 0.6 is 0 Å². The van der Waals surface area contributed by atoms with Gasteiger partial charge in [0.2, 0.25) is 5.91 Å². The third-order valence-corrected chi connectivity index (χ3v) is 5.96. The zero-order valence-corrected chi connectivity index (χ0v) is 17.6. The fourth-order valence-corrected chi connectivity index (χ4v) is 4.08. The molecule has 0 aromatic heterocycles. The molecule has 0 aliphatic heterocycles. The van der Waals surface area contributed by atoms with Crippen molar-refractivity contribution >= 4 is 33.3 Å². The van der Waals surface area contributed by atoms with Gasteiger partial charge in [0, 0.05) is 18.3 Å². The van der Waals surface area contributed by atoms with Gasteiger partial charge in [0.05, 0.1) is 10.5 Å². The number of aryl methyl sites for hydroxylation is 2. The monoisotopic (exact) mass is 438 g/mol. The number of carbonyl (C=O) groups excluding carboxylic acids is 1. The summed E-state index contributed by atoms with van der Waals surface area (Å²) >= 11 is 0. The molecule has 8 heteroatoms. The Hall–Kier alpha value is -3.65. The normalized spacial score (nSPS) is 11.0. The van der Waals surface area contributed by atoms with Gasteiger partial charge >= 0.3 is 5.97 Å². The van der Waals surface area contributed by atoms with E-state index in [4.69, 9.17) is 5.11 Å². The standard InChI is InChI=1S/C23H22N2O5S/c1-16(26)24-20-11-13-22(14-12-20)31(29,30)25-21-9-7-17(8-10-21)5-6-18-3-2-4-19(15-18)23(27)28/h2-4,7-15,25H,5-6H2,1H3,(H,24,26)(H,27,28). The van der Waals surface area contributed by atoms with Gasteiger partial charge in [0.15, 0.2) is 0 Å². The number of nitrogens with one attached hydrogen (secondary N) is 2. The maximum Gasteiger partial charge on any atom is 0.335 e. The quantitative estimate of drug-likeness (QED) is 0.493. The number of anilines is 2. The van der Waals surface area contributed by atoms with Gasteiger partial charge in [-0.1, -0.05) is 24.3 Å². The highest BCUT2D eigenvalue weighted by Gasteiger charge is 2.14. The van der Waals surface area contributed by atoms with E-state index in [9.17, 15) is 18.0 Å². The molecule has 3 aromatic carbocycles. The van der Waals surface area contributed by atoms with E-state index in [0.717, 1.165) is 11.1 Å². The number of sulfonamides is 1. The van der Waals surface area contributed by atoms with Gasteiger partial charge in [-0.25, -0.2) is 13.2 Å². The van der Waals surface area contributed by atoms with Crippen LogP contribution in [0.25, 0.3) is 0 Å². The molecule has 3 N–H and O–H groups in total. The predicted molar refractivity (Wildman–Crippen MR) is 119 cm³/mol. The molecule has 31 heavy (non-hydrogen) atoms. The first kappa shape index (κ1) is 22.0. The number of amides is 1. The van der Waals surface area contributed by atoms with Gasteiger partial charge in [-0.3, -0.25) is 9.52 Å². The molecular formula is C23H22N2O5S. The Balaban J connectivity index is 1.62. The fourth-order valence-electron chi connectivity index (χ4n) is 3.02. The first-order chi connectivity index (χ1) is 14.7. The van der Waals surface area contributed by atoms with Crippen LogP contribution in [0.5, 0.6) is 0 Å². The summed E-state index contributed by atoms with van der Waals surface area (Å²) in [6, 6.07) is 19.8. The van der Waals surface area contributed by atoms with Crippen LogP contribution in [0.4, 0.5) is 11.4 Å². The fraction of sp³-hybridized carbons (Fsp3) is 0.130. The summed E-state index contributed by atoms with van der Waals surface area (Å²) in [5.41, 5.74) is 3.13. The van der Waals surface area contributed by atoms with Crippen molar-refractivity contribution in [3.05, 3.63) is 89.5 Å². The molecular weight excluding hydrogens is 416 g/mol. The molecule has 0 fully saturated rings. The molecule has 0 spiro atoms. The summed E-state index contributed by atoms with van der Waals surface area (Å²) in [6.45, 7) is 1.38. The minimum Gasteiger partial charge on any atom is -0.478 e. The van der Waals surface area contributed by atoms with Gasteiger partial charge < -0.3 is 10.4 Å². The average molecular weight is 439 g/mol. The topological polar surface area (TPSA) is 113 Å². The number of rotatable bonds is 8. The third kappa shape index (κ3) is 6.16. The van der Waals surface area contributed by atoms with Crippen molar-refractivity contribution in [2.75, 3.05) is 10.0 Å². The molecule has 0 aliphatic rings. The van der Waals surface area contributed by atoms with Crippen LogP contribution in [-0.4, -0.2) is 25.4 Å². The van der Waals surface area contributed by atoms with E-state index < -0.39 is 16.0 Å². The van der Waals surface area contributed by atoms with Crippen molar-refractivity contribution in [1.29, 1.82) is 0 Å². The summed E-state index contributed by atoms with van der Waals surface area (Å²) in [6.07, 6.45) is 1.37. The maximum absolute atomic E-state index is 12.6. The third-order valence-electron chi connectivity index (χ3n) is 4.57. The molecule has 0 saturated carbocycles. The second kappa shape index (κ2) is 9.44. The molecule has 0 radical (unpaired) electrons. The molecule has 160 valence electrons. The number of aromatic carboxylic acids is 1. The second-order valence-electron chi connectivity index (χ2n) is 7.01. The molecule has 0 unspecified atom stereocenters. The van der Waals surface area contributed by atoms with Crippen molar-refractivity contribution in [2.45, 2.75) is 24.7 Å². The van der Waals surface area contributed by atoms with Crippen LogP contribution in [0.1, 0.15) is 28.4 Å². The van der Waals surface area contributed by atoms with Crippen LogP contribution in [0, 0.1) is 0 Å². The lowest BCUT2D eigenvalue weighted by atomic mass is 10.0. The Morgan fingerprint density at radius 2 is 1.45 bits per heavy atom. The SMILES string of the molecule is CC(=O)Nc1ccc(S(=O)(=O)Nc2ccc(CCc3cccc(C(=O)O)c3)cc2)cc1. The molecule has 1 amide bonds. The van der Waals surface area contributed by atoms with E-state index in [1.807, 2.05) is 18.2 Å². The first-order valence-corrected chi connectivity index (χ1v) is 11.0. The Labute approximate surface area is 180 Å². The lowest BCUT2D eigenvalue weighted by Crippen LogP contribution is -2.13. The van der Waals surface area contributed by atoms with Gasteiger partial charge in [0.25, 0.3) is 10.0 Å². The molecule has 3 rings (SSSR count). The summed E-state index contributed by atoms with van der Waals surface area (Å²) < 4.78 is 27.7. The van der Waals surface area contributed by atoms with E-state index in [-0.39, 0.29) is 16.4 Å². The summed E-state index contributed by atoms with van der Waals surface area (Å²) in [4.78, 5) is 22.2. The maximum atomic E-state index is 12.6. The van der Waals surface area contributed by atoms with E-state index >= 15 is 0 Å². The van der Waals surface area contributed by atoms with Crippen LogP contribution in [-0.2, 0) is 27.7 Å². The molecule has 7 nitrogen and oxygen atoms in total. The van der Waals surface area contributed by atoms with Crippen molar-refractivity contribution in [3.8, 4) is 0 Å². The molecule has 0 aliphatic carbocycles. The average Bonchev–Trinajstić information content (AvgIpc) is 2.73. The number of hydrogen-bond acceptors (Lipinski definition) is 4. The number of carboxylic acid groups (broad SMARTS) is 1. The van der Waals surface area contributed by atoms with Gasteiger partial charge in [0.1, 0.15) is 0 Å². The molecule has 3 aromatic rings. The zero-order chi connectivity index (χ0) is 22.4. The Morgan fingerprint density at radius 3 is 2.06 bits per heavy atom. The van der Waals surface area contributed by atoms with Gasteiger partial charge in [-0.2, -0.15) is 0 Å². The minimum atomic E-state index is -3.76. The van der Waals surface area contributed by atoms with Crippen LogP contribution < -0.4 is 10.0 Å². The Morgan fingerprint density at radius 1 is 0.839 bits per heavy atom. The highest BCUT2D eigenvalue weighted by atomic mass is 32.2. The zero-order valence-electron chi connectivity index (χ0n) is 16.8. The highest BCUT2D eigenvalue weighted by molar-refractivity contribution is 7.92. The summed E-state index contributed by atoms with van der Waals surface area (Å²) in [5.74, 6) is -1.19. The van der Waals surface area contributed by atoms with Gasteiger partial charge in [-0.15, -0.1) is 0 Å². The lowest BCUT2D eigenvalue weighted by Gasteiger charge is -2.10. The van der Waals surface area contributed by atoms with Crippen molar-refractivity contribution < 1.29 is 23.1 Å². The smallest absolute Gasteiger partial charge is 0.335 e. The number of benzene rings is 3. The second-order valence-corrected chi connectivity index (χ2v) is 8.70. The van der Waals surface area contributed by atoms with Crippen molar-refractivity contribution in [1.82, 2.24) is 0 Å². The largest absolute Gasteiger partial charge is 0.478 e. The molecule has 0 atom stereocenters. The Kier molecular flexibility index (Phi) is 6.71. The molecule has 0 saturated heterocycles. The Bertz CT molecular complexity index is 1190. The van der Waals surface area contributed by atoms with Gasteiger partial charge in [-0.05, 0) is 72.5 Å².